The molecule has 0 aliphatic heterocycles. The van der Waals surface area contributed by atoms with Gasteiger partial charge in [-0.05, 0) is 31.7 Å². The van der Waals surface area contributed by atoms with Crippen LogP contribution in [0.2, 0.25) is 5.02 Å². The van der Waals surface area contributed by atoms with Crippen molar-refractivity contribution in [2.24, 2.45) is 5.92 Å². The first kappa shape index (κ1) is 19.5. The van der Waals surface area contributed by atoms with E-state index in [0.29, 0.717) is 34.8 Å². The Labute approximate surface area is 174 Å². The average Bonchev–Trinajstić information content (AvgIpc) is 3.43. The quantitative estimate of drug-likeness (QED) is 0.638. The molecule has 2 unspecified atom stereocenters. The van der Waals surface area contributed by atoms with Crippen LogP contribution in [0.4, 0.5) is 11.6 Å². The minimum absolute atomic E-state index is 0.228. The zero-order valence-corrected chi connectivity index (χ0v) is 17.4. The van der Waals surface area contributed by atoms with Crippen LogP contribution in [0.25, 0.3) is 5.65 Å². The molecule has 0 radical (unpaired) electrons. The van der Waals surface area contributed by atoms with Crippen molar-refractivity contribution in [2.75, 3.05) is 17.6 Å². The molecule has 1 aliphatic carbocycles. The Bertz CT molecular complexity index is 1080. The van der Waals surface area contributed by atoms with Gasteiger partial charge in [-0.3, -0.25) is 4.68 Å². The van der Waals surface area contributed by atoms with E-state index in [1.54, 1.807) is 6.92 Å². The number of anilines is 2. The predicted octanol–water partition coefficient (Wildman–Crippen LogP) is 3.75. The Morgan fingerprint density at radius 3 is 2.97 bits per heavy atom. The van der Waals surface area contributed by atoms with Gasteiger partial charge in [-0.25, -0.2) is 4.98 Å². The molecule has 8 nitrogen and oxygen atoms in total. The molecule has 3 heterocycles. The topological polar surface area (TPSA) is 110 Å². The molecule has 1 saturated carbocycles. The summed E-state index contributed by atoms with van der Waals surface area (Å²) in [6.45, 7) is 4.62. The van der Waals surface area contributed by atoms with Gasteiger partial charge >= 0.3 is 0 Å². The lowest BCUT2D eigenvalue weighted by molar-refractivity contribution is 0.342. The monoisotopic (exact) mass is 412 g/mol. The lowest BCUT2D eigenvalue weighted by atomic mass is 10.0. The number of fused-ring (bicyclic) bond motifs is 1. The maximum Gasteiger partial charge on any atom is 0.178 e. The molecule has 3 N–H and O–H groups in total. The Morgan fingerprint density at radius 1 is 1.38 bits per heavy atom. The number of nitrogens with two attached hydrogens (primary N) is 1. The molecule has 1 fully saturated rings. The number of nitrogen functional groups attached to an aromatic ring is 1. The molecule has 0 bridgehead atoms. The van der Waals surface area contributed by atoms with Crippen LogP contribution >= 0.6 is 11.6 Å². The fraction of sp³-hybridized carbons (Fsp3) is 0.500. The summed E-state index contributed by atoms with van der Waals surface area (Å²) in [4.78, 5) is 4.48. The first-order chi connectivity index (χ1) is 14.0. The van der Waals surface area contributed by atoms with Crippen molar-refractivity contribution in [3.8, 4) is 6.07 Å². The Morgan fingerprint density at radius 2 is 2.21 bits per heavy atom. The van der Waals surface area contributed by atoms with E-state index < -0.39 is 0 Å². The molecule has 29 heavy (non-hydrogen) atoms. The number of rotatable bonds is 6. The number of halogens is 1. The summed E-state index contributed by atoms with van der Waals surface area (Å²) in [6, 6.07) is 4.70. The minimum atomic E-state index is 0.228. The zero-order chi connectivity index (χ0) is 20.5. The summed E-state index contributed by atoms with van der Waals surface area (Å²) >= 11 is 6.27. The summed E-state index contributed by atoms with van der Waals surface area (Å²) in [5.41, 5.74) is 8.46. The lowest BCUT2D eigenvalue weighted by Gasteiger charge is -2.18. The van der Waals surface area contributed by atoms with Gasteiger partial charge in [0.15, 0.2) is 5.65 Å². The van der Waals surface area contributed by atoms with E-state index in [9.17, 15) is 5.26 Å². The van der Waals surface area contributed by atoms with Gasteiger partial charge in [0.2, 0.25) is 0 Å². The van der Waals surface area contributed by atoms with E-state index in [1.165, 1.54) is 30.2 Å². The third-order valence-corrected chi connectivity index (χ3v) is 6.28. The van der Waals surface area contributed by atoms with Gasteiger partial charge in [-0.2, -0.15) is 20.0 Å². The van der Waals surface area contributed by atoms with E-state index in [1.807, 2.05) is 0 Å². The maximum atomic E-state index is 9.52. The molecule has 0 spiro atoms. The van der Waals surface area contributed by atoms with E-state index in [2.05, 4.69) is 45.3 Å². The largest absolute Gasteiger partial charge is 0.382 e. The smallest absolute Gasteiger partial charge is 0.178 e. The summed E-state index contributed by atoms with van der Waals surface area (Å²) < 4.78 is 3.54. The Balaban J connectivity index is 1.48. The molecule has 3 aromatic rings. The van der Waals surface area contributed by atoms with Crippen LogP contribution in [0.3, 0.4) is 0 Å². The Kier molecular flexibility index (Phi) is 5.33. The third kappa shape index (κ3) is 3.51. The van der Waals surface area contributed by atoms with Crippen molar-refractivity contribution >= 4 is 28.9 Å². The number of nitrogens with one attached hydrogen (secondary N) is 1. The molecule has 4 rings (SSSR count). The molecular weight excluding hydrogens is 388 g/mol. The van der Waals surface area contributed by atoms with Crippen LogP contribution in [0.5, 0.6) is 0 Å². The van der Waals surface area contributed by atoms with Crippen molar-refractivity contribution in [1.82, 2.24) is 24.4 Å². The number of aromatic nitrogens is 5. The van der Waals surface area contributed by atoms with Crippen LogP contribution in [0.1, 0.15) is 55.6 Å². The standard InChI is InChI=1S/C20H25ClN8/c1-3-13-5-4-6-16(13)28-10-8-14(27-28)7-9-24-19-15(11-22)18(23)29-20(25-19)17(21)12(2)26-29/h8,10,13,16H,3-7,9,23H2,1-2H3,(H,24,25). The van der Waals surface area contributed by atoms with Gasteiger partial charge in [0.1, 0.15) is 28.3 Å². The van der Waals surface area contributed by atoms with Crippen LogP contribution in [0, 0.1) is 24.2 Å². The number of nitrogens with zero attached hydrogens (tertiary/aromatic N) is 6. The van der Waals surface area contributed by atoms with E-state index in [-0.39, 0.29) is 11.4 Å². The average molecular weight is 413 g/mol. The Hall–Kier alpha value is -2.79. The molecule has 2 atom stereocenters. The summed E-state index contributed by atoms with van der Waals surface area (Å²) in [7, 11) is 0. The molecular formula is C20H25ClN8. The fourth-order valence-corrected chi connectivity index (χ4v) is 4.39. The molecule has 9 heteroatoms. The predicted molar refractivity (Wildman–Crippen MR) is 113 cm³/mol. The zero-order valence-electron chi connectivity index (χ0n) is 16.7. The van der Waals surface area contributed by atoms with Gasteiger partial charge in [-0.1, -0.05) is 31.4 Å². The molecule has 0 saturated heterocycles. The second kappa shape index (κ2) is 7.91. The lowest BCUT2D eigenvalue weighted by Crippen LogP contribution is -2.15. The highest BCUT2D eigenvalue weighted by molar-refractivity contribution is 6.34. The van der Waals surface area contributed by atoms with E-state index in [4.69, 9.17) is 22.4 Å². The number of hydrogen-bond donors (Lipinski definition) is 2. The van der Waals surface area contributed by atoms with Crippen LogP contribution in [-0.4, -0.2) is 30.9 Å². The second-order valence-corrected chi connectivity index (χ2v) is 7.98. The van der Waals surface area contributed by atoms with Gasteiger partial charge < -0.3 is 11.1 Å². The minimum Gasteiger partial charge on any atom is -0.382 e. The normalized spacial score (nSPS) is 19.0. The SMILES string of the molecule is CCC1CCCC1n1ccc(CCNc2nc3c(Cl)c(C)nn3c(N)c2C#N)n1. The summed E-state index contributed by atoms with van der Waals surface area (Å²) in [5.74, 6) is 1.37. The van der Waals surface area contributed by atoms with Gasteiger partial charge in [0.05, 0.1) is 17.4 Å². The highest BCUT2D eigenvalue weighted by Gasteiger charge is 2.27. The molecule has 3 aromatic heterocycles. The molecule has 152 valence electrons. The van der Waals surface area contributed by atoms with Crippen LogP contribution < -0.4 is 11.1 Å². The molecule has 1 aliphatic rings. The highest BCUT2D eigenvalue weighted by atomic mass is 35.5. The van der Waals surface area contributed by atoms with Crippen LogP contribution in [-0.2, 0) is 6.42 Å². The van der Waals surface area contributed by atoms with Crippen molar-refractivity contribution in [3.63, 3.8) is 0 Å². The van der Waals surface area contributed by atoms with Crippen LogP contribution in [0.15, 0.2) is 12.3 Å². The van der Waals surface area contributed by atoms with Gasteiger partial charge in [0, 0.05) is 19.2 Å². The molecule has 0 aromatic carbocycles. The van der Waals surface area contributed by atoms with E-state index >= 15 is 0 Å². The van der Waals surface area contributed by atoms with Crippen molar-refractivity contribution in [3.05, 3.63) is 34.2 Å². The first-order valence-corrected chi connectivity index (χ1v) is 10.4. The van der Waals surface area contributed by atoms with Crippen molar-refractivity contribution < 1.29 is 0 Å². The van der Waals surface area contributed by atoms with E-state index in [0.717, 1.165) is 18.0 Å². The summed E-state index contributed by atoms with van der Waals surface area (Å²) in [6.07, 6.45) is 7.79. The maximum absolute atomic E-state index is 9.52. The van der Waals surface area contributed by atoms with Crippen molar-refractivity contribution in [2.45, 2.75) is 52.0 Å². The first-order valence-electron chi connectivity index (χ1n) is 10.1. The third-order valence-electron chi connectivity index (χ3n) is 5.84. The van der Waals surface area contributed by atoms with Crippen molar-refractivity contribution in [1.29, 1.82) is 5.26 Å². The highest BCUT2D eigenvalue weighted by Crippen LogP contribution is 2.37. The second-order valence-electron chi connectivity index (χ2n) is 7.60. The number of nitriles is 1. The van der Waals surface area contributed by atoms with Gasteiger partial charge in [-0.15, -0.1) is 0 Å². The number of hydrogen-bond acceptors (Lipinski definition) is 6. The summed E-state index contributed by atoms with van der Waals surface area (Å²) in [5, 5.41) is 22.2. The molecule has 0 amide bonds. The fourth-order valence-electron chi connectivity index (χ4n) is 4.23. The number of aryl methyl sites for hydroxylation is 1. The van der Waals surface area contributed by atoms with Gasteiger partial charge in [0.25, 0.3) is 0 Å².